The summed E-state index contributed by atoms with van der Waals surface area (Å²) in [6.07, 6.45) is 5.16. The van der Waals surface area contributed by atoms with Crippen LogP contribution in [0.25, 0.3) is 5.69 Å². The normalized spacial score (nSPS) is 21.1. The van der Waals surface area contributed by atoms with E-state index in [1.165, 1.54) is 19.3 Å². The molecule has 0 saturated heterocycles. The number of nitrogens with one attached hydrogen (secondary N) is 1. The molecule has 1 atom stereocenters. The number of nitrogens with zero attached hydrogens (tertiary/aromatic N) is 4. The maximum atomic E-state index is 6.28. The monoisotopic (exact) mass is 291 g/mol. The van der Waals surface area contributed by atoms with Crippen LogP contribution in [-0.4, -0.2) is 26.2 Å². The molecule has 0 amide bonds. The summed E-state index contributed by atoms with van der Waals surface area (Å²) in [6.45, 7) is 4.63. The Kier molecular flexibility index (Phi) is 3.38. The summed E-state index contributed by atoms with van der Waals surface area (Å²) in [5.74, 6) is 0. The van der Waals surface area contributed by atoms with Crippen molar-refractivity contribution in [2.75, 3.05) is 5.32 Å². The Bertz CT molecular complexity index is 594. The number of aromatic nitrogens is 4. The second kappa shape index (κ2) is 5.05. The van der Waals surface area contributed by atoms with Crippen LogP contribution in [0.1, 0.15) is 33.1 Å². The first-order chi connectivity index (χ1) is 9.53. The van der Waals surface area contributed by atoms with Gasteiger partial charge in [0.2, 0.25) is 0 Å². The largest absolute Gasteiger partial charge is 0.381 e. The summed E-state index contributed by atoms with van der Waals surface area (Å²) in [7, 11) is 0. The number of benzene rings is 1. The van der Waals surface area contributed by atoms with Crippen molar-refractivity contribution in [3.8, 4) is 5.69 Å². The van der Waals surface area contributed by atoms with Gasteiger partial charge in [-0.1, -0.05) is 25.4 Å². The van der Waals surface area contributed by atoms with Gasteiger partial charge in [0.1, 0.15) is 6.33 Å². The second-order valence-electron chi connectivity index (χ2n) is 6.17. The fraction of sp³-hybridized carbons (Fsp3) is 0.500. The van der Waals surface area contributed by atoms with Gasteiger partial charge in [0.05, 0.1) is 16.4 Å². The van der Waals surface area contributed by atoms with Crippen molar-refractivity contribution in [3.63, 3.8) is 0 Å². The van der Waals surface area contributed by atoms with Crippen molar-refractivity contribution < 1.29 is 0 Å². The van der Waals surface area contributed by atoms with Crippen molar-refractivity contribution in [3.05, 3.63) is 29.5 Å². The van der Waals surface area contributed by atoms with Crippen molar-refractivity contribution in [2.45, 2.75) is 39.2 Å². The summed E-state index contributed by atoms with van der Waals surface area (Å²) in [5.41, 5.74) is 2.26. The van der Waals surface area contributed by atoms with Gasteiger partial charge in [-0.2, -0.15) is 0 Å². The van der Waals surface area contributed by atoms with Crippen LogP contribution < -0.4 is 5.32 Å². The van der Waals surface area contributed by atoms with Gasteiger partial charge in [0, 0.05) is 6.04 Å². The summed E-state index contributed by atoms with van der Waals surface area (Å²) < 4.78 is 1.63. The minimum absolute atomic E-state index is 0.414. The first-order valence-electron chi connectivity index (χ1n) is 6.83. The fourth-order valence-corrected chi connectivity index (χ4v) is 3.00. The third-order valence-electron chi connectivity index (χ3n) is 3.89. The lowest BCUT2D eigenvalue weighted by Gasteiger charge is -2.19. The zero-order valence-corrected chi connectivity index (χ0v) is 12.4. The van der Waals surface area contributed by atoms with Crippen LogP contribution in [0.15, 0.2) is 24.5 Å². The van der Waals surface area contributed by atoms with Crippen molar-refractivity contribution in [1.29, 1.82) is 0 Å². The predicted molar refractivity (Wildman–Crippen MR) is 79.2 cm³/mol. The SMILES string of the molecule is CC1(C)CCC(Nc2cc(-n3cnnn3)ccc2Cl)C1. The first-order valence-corrected chi connectivity index (χ1v) is 7.21. The van der Waals surface area contributed by atoms with Crippen LogP contribution in [0.4, 0.5) is 5.69 Å². The van der Waals surface area contributed by atoms with E-state index >= 15 is 0 Å². The topological polar surface area (TPSA) is 55.6 Å². The molecule has 1 saturated carbocycles. The molecule has 1 aliphatic rings. The molecular formula is C14H18ClN5. The van der Waals surface area contributed by atoms with Crippen LogP contribution in [0.5, 0.6) is 0 Å². The highest BCUT2D eigenvalue weighted by Crippen LogP contribution is 2.39. The van der Waals surface area contributed by atoms with E-state index in [9.17, 15) is 0 Å². The van der Waals surface area contributed by atoms with E-state index in [0.717, 1.165) is 16.4 Å². The standard InChI is InChI=1S/C14H18ClN5/c1-14(2)6-5-10(8-14)17-13-7-11(3-4-12(13)15)20-9-16-18-19-20/h3-4,7,9-10,17H,5-6,8H2,1-2H3. The molecule has 5 nitrogen and oxygen atoms in total. The summed E-state index contributed by atoms with van der Waals surface area (Å²) in [5, 5.41) is 15.5. The maximum absolute atomic E-state index is 6.28. The molecule has 20 heavy (non-hydrogen) atoms. The van der Waals surface area contributed by atoms with Gasteiger partial charge in [-0.15, -0.1) is 5.10 Å². The van der Waals surface area contributed by atoms with Crippen LogP contribution in [0.2, 0.25) is 5.02 Å². The third-order valence-corrected chi connectivity index (χ3v) is 4.22. The Labute approximate surface area is 123 Å². The highest BCUT2D eigenvalue weighted by molar-refractivity contribution is 6.33. The molecule has 0 bridgehead atoms. The molecule has 3 rings (SSSR count). The van der Waals surface area contributed by atoms with E-state index in [1.54, 1.807) is 11.0 Å². The highest BCUT2D eigenvalue weighted by atomic mass is 35.5. The molecule has 1 aromatic heterocycles. The Morgan fingerprint density at radius 2 is 2.25 bits per heavy atom. The number of hydrogen-bond acceptors (Lipinski definition) is 4. The fourth-order valence-electron chi connectivity index (χ4n) is 2.83. The number of hydrogen-bond donors (Lipinski definition) is 1. The molecule has 0 spiro atoms. The lowest BCUT2D eigenvalue weighted by molar-refractivity contribution is 0.378. The van der Waals surface area contributed by atoms with Gasteiger partial charge in [-0.3, -0.25) is 0 Å². The number of anilines is 1. The van der Waals surface area contributed by atoms with Gasteiger partial charge in [-0.05, 0) is 53.3 Å². The van der Waals surface area contributed by atoms with Crippen molar-refractivity contribution in [1.82, 2.24) is 20.2 Å². The van der Waals surface area contributed by atoms with Gasteiger partial charge in [-0.25, -0.2) is 4.68 Å². The first kappa shape index (κ1) is 13.4. The zero-order chi connectivity index (χ0) is 14.2. The average Bonchev–Trinajstić information content (AvgIpc) is 3.02. The Hall–Kier alpha value is -1.62. The summed E-state index contributed by atoms with van der Waals surface area (Å²) >= 11 is 6.28. The molecule has 1 unspecified atom stereocenters. The molecule has 1 heterocycles. The molecule has 1 fully saturated rings. The minimum atomic E-state index is 0.414. The average molecular weight is 292 g/mol. The van der Waals surface area contributed by atoms with E-state index < -0.39 is 0 Å². The molecular weight excluding hydrogens is 274 g/mol. The van der Waals surface area contributed by atoms with E-state index in [1.807, 2.05) is 18.2 Å². The van der Waals surface area contributed by atoms with Gasteiger partial charge in [0.25, 0.3) is 0 Å². The Morgan fingerprint density at radius 1 is 1.40 bits per heavy atom. The highest BCUT2D eigenvalue weighted by Gasteiger charge is 2.31. The van der Waals surface area contributed by atoms with Crippen LogP contribution >= 0.6 is 11.6 Å². The summed E-state index contributed by atoms with van der Waals surface area (Å²) in [6, 6.07) is 6.25. The van der Waals surface area contributed by atoms with Crippen molar-refractivity contribution >= 4 is 17.3 Å². The lowest BCUT2D eigenvalue weighted by Crippen LogP contribution is -2.18. The quantitative estimate of drug-likeness (QED) is 0.942. The Balaban J connectivity index is 1.81. The molecule has 2 aromatic rings. The van der Waals surface area contributed by atoms with Gasteiger partial charge < -0.3 is 5.32 Å². The van der Waals surface area contributed by atoms with Gasteiger partial charge >= 0.3 is 0 Å². The number of rotatable bonds is 3. The zero-order valence-electron chi connectivity index (χ0n) is 11.7. The van der Waals surface area contributed by atoms with Crippen molar-refractivity contribution in [2.24, 2.45) is 5.41 Å². The second-order valence-corrected chi connectivity index (χ2v) is 6.57. The number of halogens is 1. The maximum Gasteiger partial charge on any atom is 0.143 e. The third kappa shape index (κ3) is 2.77. The van der Waals surface area contributed by atoms with Crippen LogP contribution in [0.3, 0.4) is 0 Å². The molecule has 1 N–H and O–H groups in total. The van der Waals surface area contributed by atoms with E-state index in [-0.39, 0.29) is 0 Å². The summed E-state index contributed by atoms with van der Waals surface area (Å²) in [4.78, 5) is 0. The van der Waals surface area contributed by atoms with Crippen LogP contribution in [0, 0.1) is 5.41 Å². The van der Waals surface area contributed by atoms with Crippen LogP contribution in [-0.2, 0) is 0 Å². The number of tetrazole rings is 1. The molecule has 0 aliphatic heterocycles. The lowest BCUT2D eigenvalue weighted by atomic mass is 9.92. The molecule has 1 aromatic carbocycles. The van der Waals surface area contributed by atoms with E-state index in [4.69, 9.17) is 11.6 Å². The van der Waals surface area contributed by atoms with E-state index in [0.29, 0.717) is 11.5 Å². The van der Waals surface area contributed by atoms with E-state index in [2.05, 4.69) is 34.7 Å². The smallest absolute Gasteiger partial charge is 0.143 e. The predicted octanol–water partition coefficient (Wildman–Crippen LogP) is 3.31. The molecule has 106 valence electrons. The Morgan fingerprint density at radius 3 is 2.90 bits per heavy atom. The molecule has 6 heteroatoms. The minimum Gasteiger partial charge on any atom is -0.381 e. The van der Waals surface area contributed by atoms with Gasteiger partial charge in [0.15, 0.2) is 0 Å². The molecule has 0 radical (unpaired) electrons. The molecule has 1 aliphatic carbocycles.